The minimum Gasteiger partial charge on any atom is -0.0884 e. The molecule has 1 aliphatic carbocycles. The van der Waals surface area contributed by atoms with Crippen LogP contribution in [0.5, 0.6) is 0 Å². The van der Waals surface area contributed by atoms with Crippen LogP contribution in [0.1, 0.15) is 46.0 Å². The van der Waals surface area contributed by atoms with Crippen LogP contribution in [-0.2, 0) is 0 Å². The van der Waals surface area contributed by atoms with Crippen molar-refractivity contribution in [2.75, 3.05) is 0 Å². The lowest BCUT2D eigenvalue weighted by molar-refractivity contribution is 0.745. The fourth-order valence-electron chi connectivity index (χ4n) is 1.55. The number of hydrogen-bond acceptors (Lipinski definition) is 0. The summed E-state index contributed by atoms with van der Waals surface area (Å²) < 4.78 is 0. The van der Waals surface area contributed by atoms with E-state index in [0.29, 0.717) is 0 Å². The summed E-state index contributed by atoms with van der Waals surface area (Å²) in [4.78, 5) is 0. The van der Waals surface area contributed by atoms with Crippen molar-refractivity contribution in [3.8, 4) is 0 Å². The monoisotopic (exact) mass is 150 g/mol. The van der Waals surface area contributed by atoms with Gasteiger partial charge < -0.3 is 0 Å². The molecule has 62 valence electrons. The molecule has 0 amide bonds. The topological polar surface area (TPSA) is 0 Å². The lowest BCUT2D eigenvalue weighted by Crippen LogP contribution is -1.90. The van der Waals surface area contributed by atoms with Crippen molar-refractivity contribution in [2.45, 2.75) is 46.0 Å². The number of hydrogen-bond donors (Lipinski definition) is 0. The van der Waals surface area contributed by atoms with Crippen LogP contribution >= 0.6 is 0 Å². The normalized spacial score (nSPS) is 28.9. The maximum atomic E-state index is 2.40. The summed E-state index contributed by atoms with van der Waals surface area (Å²) in [5.41, 5.74) is 3.22. The lowest BCUT2D eigenvalue weighted by Gasteiger charge is -2.10. The summed E-state index contributed by atoms with van der Waals surface area (Å²) in [6, 6.07) is 0. The Bertz CT molecular complexity index is 172. The van der Waals surface area contributed by atoms with Gasteiger partial charge in [0.1, 0.15) is 0 Å². The summed E-state index contributed by atoms with van der Waals surface area (Å²) in [6.45, 7) is 4.41. The molecule has 0 aromatic rings. The van der Waals surface area contributed by atoms with Crippen molar-refractivity contribution in [3.63, 3.8) is 0 Å². The predicted octanol–water partition coefficient (Wildman–Crippen LogP) is 3.84. The van der Waals surface area contributed by atoms with E-state index in [9.17, 15) is 0 Å². The Morgan fingerprint density at radius 1 is 1.27 bits per heavy atom. The van der Waals surface area contributed by atoms with Crippen LogP contribution in [0.15, 0.2) is 23.3 Å². The van der Waals surface area contributed by atoms with Crippen molar-refractivity contribution in [2.24, 2.45) is 0 Å². The SMILES string of the molecule is C/C=C1/CCC/C=C(/C)CC1. The minimum atomic E-state index is 1.28. The molecular formula is C11H18. The van der Waals surface area contributed by atoms with E-state index in [4.69, 9.17) is 0 Å². The van der Waals surface area contributed by atoms with Gasteiger partial charge in [0.2, 0.25) is 0 Å². The molecule has 0 saturated heterocycles. The van der Waals surface area contributed by atoms with E-state index in [1.807, 2.05) is 0 Å². The van der Waals surface area contributed by atoms with Crippen molar-refractivity contribution in [3.05, 3.63) is 23.3 Å². The second-order valence-electron chi connectivity index (χ2n) is 3.39. The molecule has 1 rings (SSSR count). The van der Waals surface area contributed by atoms with Gasteiger partial charge in [0, 0.05) is 0 Å². The molecule has 0 aliphatic heterocycles. The van der Waals surface area contributed by atoms with Gasteiger partial charge in [-0.3, -0.25) is 0 Å². The van der Waals surface area contributed by atoms with Crippen LogP contribution in [-0.4, -0.2) is 0 Å². The molecule has 0 aromatic heterocycles. The second-order valence-corrected chi connectivity index (χ2v) is 3.39. The first-order chi connectivity index (χ1) is 5.33. The van der Waals surface area contributed by atoms with Gasteiger partial charge in [0.15, 0.2) is 0 Å². The highest BCUT2D eigenvalue weighted by molar-refractivity contribution is 5.08. The van der Waals surface area contributed by atoms with Crippen LogP contribution in [0.25, 0.3) is 0 Å². The third kappa shape index (κ3) is 2.92. The van der Waals surface area contributed by atoms with Crippen LogP contribution < -0.4 is 0 Å². The van der Waals surface area contributed by atoms with Crippen LogP contribution in [0, 0.1) is 0 Å². The standard InChI is InChI=1S/C11H18/c1-3-11-7-5-4-6-10(2)8-9-11/h3,6H,4-5,7-9H2,1-2H3/b10-6-,11-3-. The van der Waals surface area contributed by atoms with Crippen LogP contribution in [0.4, 0.5) is 0 Å². The Morgan fingerprint density at radius 2 is 2.09 bits per heavy atom. The highest BCUT2D eigenvalue weighted by Gasteiger charge is 2.00. The van der Waals surface area contributed by atoms with Gasteiger partial charge in [0.05, 0.1) is 0 Å². The van der Waals surface area contributed by atoms with E-state index in [1.165, 1.54) is 32.1 Å². The maximum Gasteiger partial charge on any atom is -0.0283 e. The molecule has 0 bridgehead atoms. The molecule has 0 fully saturated rings. The van der Waals surface area contributed by atoms with Gasteiger partial charge in [-0.05, 0) is 46.0 Å². The minimum absolute atomic E-state index is 1.28. The molecule has 0 atom stereocenters. The molecule has 0 saturated carbocycles. The summed E-state index contributed by atoms with van der Waals surface area (Å²) in [7, 11) is 0. The summed E-state index contributed by atoms with van der Waals surface area (Å²) in [5, 5.41) is 0. The molecule has 0 N–H and O–H groups in total. The van der Waals surface area contributed by atoms with Crippen LogP contribution in [0.2, 0.25) is 0 Å². The number of rotatable bonds is 0. The first-order valence-electron chi connectivity index (χ1n) is 4.62. The third-order valence-electron chi connectivity index (χ3n) is 2.44. The fraction of sp³-hybridized carbons (Fsp3) is 0.636. The summed E-state index contributed by atoms with van der Waals surface area (Å²) in [5.74, 6) is 0. The van der Waals surface area contributed by atoms with E-state index in [-0.39, 0.29) is 0 Å². The predicted molar refractivity (Wildman–Crippen MR) is 50.6 cm³/mol. The van der Waals surface area contributed by atoms with E-state index in [2.05, 4.69) is 26.0 Å². The van der Waals surface area contributed by atoms with Crippen molar-refractivity contribution >= 4 is 0 Å². The van der Waals surface area contributed by atoms with E-state index >= 15 is 0 Å². The Labute approximate surface area is 70.0 Å². The molecule has 0 unspecified atom stereocenters. The zero-order valence-electron chi connectivity index (χ0n) is 7.69. The van der Waals surface area contributed by atoms with Gasteiger partial charge in [-0.15, -0.1) is 0 Å². The van der Waals surface area contributed by atoms with E-state index in [1.54, 1.807) is 11.1 Å². The zero-order chi connectivity index (χ0) is 8.10. The molecule has 0 heteroatoms. The molecular weight excluding hydrogens is 132 g/mol. The van der Waals surface area contributed by atoms with Crippen molar-refractivity contribution < 1.29 is 0 Å². The molecule has 0 radical (unpaired) electrons. The number of allylic oxidation sites excluding steroid dienone is 4. The second kappa shape index (κ2) is 4.38. The van der Waals surface area contributed by atoms with Gasteiger partial charge in [-0.25, -0.2) is 0 Å². The maximum absolute atomic E-state index is 2.40. The smallest absolute Gasteiger partial charge is 0.0283 e. The molecule has 0 nitrogen and oxygen atoms in total. The van der Waals surface area contributed by atoms with Gasteiger partial charge >= 0.3 is 0 Å². The lowest BCUT2D eigenvalue weighted by atomic mass is 9.96. The zero-order valence-corrected chi connectivity index (χ0v) is 7.69. The Morgan fingerprint density at radius 3 is 2.82 bits per heavy atom. The molecule has 0 heterocycles. The fourth-order valence-corrected chi connectivity index (χ4v) is 1.55. The summed E-state index contributed by atoms with van der Waals surface area (Å²) in [6.07, 6.45) is 11.2. The highest BCUT2D eigenvalue weighted by atomic mass is 14.1. The van der Waals surface area contributed by atoms with Gasteiger partial charge in [-0.1, -0.05) is 23.3 Å². The highest BCUT2D eigenvalue weighted by Crippen LogP contribution is 2.20. The molecule has 1 aliphatic rings. The van der Waals surface area contributed by atoms with Crippen molar-refractivity contribution in [1.82, 2.24) is 0 Å². The average Bonchev–Trinajstić information content (AvgIpc) is 1.98. The average molecular weight is 150 g/mol. The first-order valence-corrected chi connectivity index (χ1v) is 4.62. The van der Waals surface area contributed by atoms with E-state index in [0.717, 1.165) is 0 Å². The molecule has 11 heavy (non-hydrogen) atoms. The van der Waals surface area contributed by atoms with E-state index < -0.39 is 0 Å². The van der Waals surface area contributed by atoms with Gasteiger partial charge in [0.25, 0.3) is 0 Å². The Kier molecular flexibility index (Phi) is 3.41. The third-order valence-corrected chi connectivity index (χ3v) is 2.44. The quantitative estimate of drug-likeness (QED) is 0.460. The summed E-state index contributed by atoms with van der Waals surface area (Å²) >= 11 is 0. The van der Waals surface area contributed by atoms with Gasteiger partial charge in [-0.2, -0.15) is 0 Å². The largest absolute Gasteiger partial charge is 0.0884 e. The Balaban J connectivity index is 2.52. The Hall–Kier alpha value is -0.520. The van der Waals surface area contributed by atoms with Crippen LogP contribution in [0.3, 0.4) is 0 Å². The molecule has 0 aromatic carbocycles. The first kappa shape index (κ1) is 8.58. The molecule has 0 spiro atoms. The van der Waals surface area contributed by atoms with Crippen molar-refractivity contribution in [1.29, 1.82) is 0 Å².